The number of benzene rings is 1. The van der Waals surface area contributed by atoms with Crippen LogP contribution in [0.2, 0.25) is 0 Å². The van der Waals surface area contributed by atoms with Gasteiger partial charge in [0.2, 0.25) is 15.9 Å². The number of piperazine rings is 1. The third-order valence-electron chi connectivity index (χ3n) is 5.84. The lowest BCUT2D eigenvalue weighted by molar-refractivity contribution is -0.139. The normalized spacial score (nSPS) is 18.1. The maximum Gasteiger partial charge on any atom is 0.256 e. The summed E-state index contributed by atoms with van der Waals surface area (Å²) in [7, 11) is -3.79. The van der Waals surface area contributed by atoms with E-state index in [-0.39, 0.29) is 35.4 Å². The van der Waals surface area contributed by atoms with E-state index in [2.05, 4.69) is 0 Å². The molecule has 1 heterocycles. The number of hydrogen-bond donors (Lipinski definition) is 0. The van der Waals surface area contributed by atoms with Gasteiger partial charge in [-0.05, 0) is 31.0 Å². The fraction of sp³-hybridized carbons (Fsp3) is 0.600. The third kappa shape index (κ3) is 4.30. The Bertz CT molecular complexity index is 874. The Morgan fingerprint density at radius 2 is 1.66 bits per heavy atom. The Kier molecular flexibility index (Phi) is 6.58. The molecule has 2 aliphatic rings. The second-order valence-electron chi connectivity index (χ2n) is 7.48. The van der Waals surface area contributed by atoms with Crippen LogP contribution in [0.1, 0.15) is 43.5 Å². The van der Waals surface area contributed by atoms with Gasteiger partial charge in [0.25, 0.3) is 5.91 Å². The summed E-state index contributed by atoms with van der Waals surface area (Å²) in [5.41, 5.74) is -0.253. The van der Waals surface area contributed by atoms with Crippen molar-refractivity contribution in [3.63, 3.8) is 0 Å². The molecule has 0 atom stereocenters. The lowest BCUT2D eigenvalue weighted by atomic mass is 9.84. The molecule has 7 nitrogen and oxygen atoms in total. The molecule has 3 rings (SSSR count). The summed E-state index contributed by atoms with van der Waals surface area (Å²) in [5.74, 6) is -1.05. The average Bonchev–Trinajstić information content (AvgIpc) is 2.67. The Morgan fingerprint density at radius 1 is 1.07 bits per heavy atom. The molecule has 1 saturated carbocycles. The van der Waals surface area contributed by atoms with E-state index in [0.717, 1.165) is 31.4 Å². The van der Waals surface area contributed by atoms with Crippen molar-refractivity contribution in [3.05, 3.63) is 29.6 Å². The summed E-state index contributed by atoms with van der Waals surface area (Å²) in [6, 6.07) is 3.34. The minimum absolute atomic E-state index is 0.0928. The molecule has 1 aromatic carbocycles. The highest BCUT2D eigenvalue weighted by Gasteiger charge is 2.33. The van der Waals surface area contributed by atoms with Crippen molar-refractivity contribution in [2.45, 2.75) is 38.0 Å². The number of nitrogens with zero attached hydrogens (tertiary/aromatic N) is 3. The predicted octanol–water partition coefficient (Wildman–Crippen LogP) is 1.94. The van der Waals surface area contributed by atoms with Crippen LogP contribution in [0.5, 0.6) is 0 Å². The highest BCUT2D eigenvalue weighted by Crippen LogP contribution is 2.29. The van der Waals surface area contributed by atoms with Crippen LogP contribution in [-0.4, -0.2) is 73.6 Å². The van der Waals surface area contributed by atoms with Gasteiger partial charge >= 0.3 is 0 Å². The van der Waals surface area contributed by atoms with Crippen LogP contribution in [0.25, 0.3) is 0 Å². The number of rotatable bonds is 6. The van der Waals surface area contributed by atoms with E-state index in [9.17, 15) is 22.4 Å². The molecule has 0 bridgehead atoms. The van der Waals surface area contributed by atoms with Crippen LogP contribution in [0.15, 0.2) is 23.1 Å². The van der Waals surface area contributed by atoms with Gasteiger partial charge < -0.3 is 9.80 Å². The molecular formula is C20H28FN3O4S. The third-order valence-corrected chi connectivity index (χ3v) is 7.89. The molecule has 160 valence electrons. The van der Waals surface area contributed by atoms with Gasteiger partial charge in [-0.1, -0.05) is 20.3 Å². The average molecular weight is 426 g/mol. The standard InChI is InChI=1S/C20H28FN3O4S/c1-3-24(4-2)29(27,28)16-8-9-18(21)17(14-16)20(26)23-12-10-22(11-13-23)19(25)15-6-5-7-15/h8-9,14-15H,3-7,10-13H2,1-2H3. The molecular weight excluding hydrogens is 397 g/mol. The van der Waals surface area contributed by atoms with Gasteiger partial charge in [-0.2, -0.15) is 4.31 Å². The minimum atomic E-state index is -3.79. The van der Waals surface area contributed by atoms with Gasteiger partial charge in [0.1, 0.15) is 5.82 Å². The number of sulfonamides is 1. The van der Waals surface area contributed by atoms with E-state index < -0.39 is 21.7 Å². The molecule has 1 aliphatic heterocycles. The summed E-state index contributed by atoms with van der Waals surface area (Å²) >= 11 is 0. The molecule has 1 saturated heterocycles. The van der Waals surface area contributed by atoms with Crippen molar-refractivity contribution in [1.82, 2.24) is 14.1 Å². The van der Waals surface area contributed by atoms with Crippen LogP contribution >= 0.6 is 0 Å². The smallest absolute Gasteiger partial charge is 0.256 e. The molecule has 2 amide bonds. The second-order valence-corrected chi connectivity index (χ2v) is 9.41. The highest BCUT2D eigenvalue weighted by atomic mass is 32.2. The van der Waals surface area contributed by atoms with Gasteiger partial charge in [-0.15, -0.1) is 0 Å². The number of carbonyl (C=O) groups is 2. The van der Waals surface area contributed by atoms with Crippen LogP contribution < -0.4 is 0 Å². The molecule has 1 aliphatic carbocycles. The molecule has 0 spiro atoms. The number of carbonyl (C=O) groups excluding carboxylic acids is 2. The Hall–Kier alpha value is -2.00. The number of halogens is 1. The van der Waals surface area contributed by atoms with Crippen molar-refractivity contribution in [3.8, 4) is 0 Å². The molecule has 0 unspecified atom stereocenters. The molecule has 0 radical (unpaired) electrons. The van der Waals surface area contributed by atoms with Crippen LogP contribution in [-0.2, 0) is 14.8 Å². The maximum absolute atomic E-state index is 14.4. The van der Waals surface area contributed by atoms with Gasteiger partial charge in [0, 0.05) is 45.2 Å². The first-order chi connectivity index (χ1) is 13.8. The van der Waals surface area contributed by atoms with E-state index in [4.69, 9.17) is 0 Å². The van der Waals surface area contributed by atoms with Crippen molar-refractivity contribution in [2.75, 3.05) is 39.3 Å². The second kappa shape index (κ2) is 8.79. The van der Waals surface area contributed by atoms with Crippen molar-refractivity contribution in [2.24, 2.45) is 5.92 Å². The number of hydrogen-bond acceptors (Lipinski definition) is 4. The van der Waals surface area contributed by atoms with E-state index in [1.54, 1.807) is 18.7 Å². The molecule has 2 fully saturated rings. The van der Waals surface area contributed by atoms with Crippen molar-refractivity contribution >= 4 is 21.8 Å². The summed E-state index contributed by atoms with van der Waals surface area (Å²) in [6.45, 7) is 5.47. The Labute approximate surface area is 171 Å². The maximum atomic E-state index is 14.4. The van der Waals surface area contributed by atoms with Gasteiger partial charge in [-0.3, -0.25) is 9.59 Å². The monoisotopic (exact) mass is 425 g/mol. The SMILES string of the molecule is CCN(CC)S(=O)(=O)c1ccc(F)c(C(=O)N2CCN(C(=O)C3CCC3)CC2)c1. The van der Waals surface area contributed by atoms with E-state index in [1.165, 1.54) is 15.3 Å². The van der Waals surface area contributed by atoms with Crippen molar-refractivity contribution < 1.29 is 22.4 Å². The van der Waals surface area contributed by atoms with Crippen LogP contribution in [0.4, 0.5) is 4.39 Å². The van der Waals surface area contributed by atoms with Gasteiger partial charge in [0.15, 0.2) is 0 Å². The first-order valence-electron chi connectivity index (χ1n) is 10.2. The van der Waals surface area contributed by atoms with E-state index in [0.29, 0.717) is 26.2 Å². The Morgan fingerprint density at radius 3 is 2.17 bits per heavy atom. The van der Waals surface area contributed by atoms with E-state index in [1.807, 2.05) is 0 Å². The summed E-state index contributed by atoms with van der Waals surface area (Å²) in [6.07, 6.45) is 2.94. The summed E-state index contributed by atoms with van der Waals surface area (Å²) in [5, 5.41) is 0. The fourth-order valence-corrected chi connectivity index (χ4v) is 5.24. The quantitative estimate of drug-likeness (QED) is 0.698. The first kappa shape index (κ1) is 21.7. The number of amides is 2. The summed E-state index contributed by atoms with van der Waals surface area (Å²) < 4.78 is 41.0. The fourth-order valence-electron chi connectivity index (χ4n) is 3.75. The molecule has 0 N–H and O–H groups in total. The molecule has 9 heteroatoms. The Balaban J connectivity index is 1.73. The lowest BCUT2D eigenvalue weighted by Crippen LogP contribution is -2.52. The predicted molar refractivity (Wildman–Crippen MR) is 106 cm³/mol. The van der Waals surface area contributed by atoms with Crippen LogP contribution in [0.3, 0.4) is 0 Å². The zero-order valence-corrected chi connectivity index (χ0v) is 17.8. The summed E-state index contributed by atoms with van der Waals surface area (Å²) in [4.78, 5) is 28.4. The molecule has 1 aromatic rings. The van der Waals surface area contributed by atoms with Gasteiger partial charge in [0.05, 0.1) is 10.5 Å². The van der Waals surface area contributed by atoms with Crippen molar-refractivity contribution in [1.29, 1.82) is 0 Å². The lowest BCUT2D eigenvalue weighted by Gasteiger charge is -2.38. The largest absolute Gasteiger partial charge is 0.339 e. The highest BCUT2D eigenvalue weighted by molar-refractivity contribution is 7.89. The van der Waals surface area contributed by atoms with Gasteiger partial charge in [-0.25, -0.2) is 12.8 Å². The first-order valence-corrected chi connectivity index (χ1v) is 11.6. The van der Waals surface area contributed by atoms with E-state index >= 15 is 0 Å². The minimum Gasteiger partial charge on any atom is -0.339 e. The zero-order valence-electron chi connectivity index (χ0n) is 16.9. The molecule has 29 heavy (non-hydrogen) atoms. The molecule has 0 aromatic heterocycles. The van der Waals surface area contributed by atoms with Crippen LogP contribution in [0, 0.1) is 11.7 Å². The zero-order chi connectivity index (χ0) is 21.2. The topological polar surface area (TPSA) is 78.0 Å².